The summed E-state index contributed by atoms with van der Waals surface area (Å²) in [5.41, 5.74) is 0.299. The number of ether oxygens (including phenoxy) is 1. The van der Waals surface area contributed by atoms with Crippen LogP contribution in [-0.4, -0.2) is 49.7 Å². The molecule has 10 nitrogen and oxygen atoms in total. The van der Waals surface area contributed by atoms with E-state index in [1.807, 2.05) is 0 Å². The number of halogens is 2. The highest BCUT2D eigenvalue weighted by Gasteiger charge is 2.50. The largest absolute Gasteiger partial charge is 0.482 e. The Morgan fingerprint density at radius 1 is 1.20 bits per heavy atom. The van der Waals surface area contributed by atoms with Crippen LogP contribution in [0.15, 0.2) is 30.5 Å². The number of hydrogen-bond acceptors (Lipinski definition) is 6. The van der Waals surface area contributed by atoms with E-state index in [1.165, 1.54) is 24.8 Å². The quantitative estimate of drug-likeness (QED) is 0.251. The fourth-order valence-electron chi connectivity index (χ4n) is 4.80. The van der Waals surface area contributed by atoms with E-state index in [1.54, 1.807) is 6.07 Å². The first-order valence-electron chi connectivity index (χ1n) is 13.4. The van der Waals surface area contributed by atoms with E-state index in [0.717, 1.165) is 31.7 Å². The number of nitrogens with one attached hydrogen (secondary N) is 3. The van der Waals surface area contributed by atoms with Crippen molar-refractivity contribution in [1.82, 2.24) is 10.3 Å². The fraction of sp³-hybridized carbons (Fsp3) is 0.519. The van der Waals surface area contributed by atoms with Crippen LogP contribution in [-0.2, 0) is 15.9 Å². The Balaban J connectivity index is 1.56. The molecule has 1 heterocycles. The molecule has 2 aliphatic carbocycles. The average Bonchev–Trinajstić information content (AvgIpc) is 3.69. The number of anilines is 3. The first-order chi connectivity index (χ1) is 19.1. The molecule has 1 unspecified atom stereocenters. The highest BCUT2D eigenvalue weighted by Crippen LogP contribution is 2.38. The molecule has 4 rings (SSSR count). The molecule has 1 atom stereocenters. The molecule has 1 aromatic heterocycles. The SMILES string of the molecule is CC(C)CN(c1ncc(OCC(=O)NC2(S(=O)O)CC2)cc1NC(=O)Nc1ccc(Cl)cc1F)C1CCCCC1. The average molecular weight is 596 g/mol. The summed E-state index contributed by atoms with van der Waals surface area (Å²) in [4.78, 5) is 31.1. The predicted octanol–water partition coefficient (Wildman–Crippen LogP) is 5.52. The van der Waals surface area contributed by atoms with Crippen LogP contribution in [0.2, 0.25) is 5.02 Å². The molecule has 0 aliphatic heterocycles. The van der Waals surface area contributed by atoms with E-state index in [-0.39, 0.29) is 22.5 Å². The smallest absolute Gasteiger partial charge is 0.323 e. The Labute approximate surface area is 240 Å². The molecule has 40 heavy (non-hydrogen) atoms. The molecule has 1 aromatic carbocycles. The molecule has 0 spiro atoms. The molecule has 0 radical (unpaired) electrons. The van der Waals surface area contributed by atoms with E-state index in [9.17, 15) is 22.7 Å². The van der Waals surface area contributed by atoms with E-state index in [4.69, 9.17) is 16.3 Å². The molecular weight excluding hydrogens is 561 g/mol. The summed E-state index contributed by atoms with van der Waals surface area (Å²) in [5.74, 6) is -0.130. The van der Waals surface area contributed by atoms with Crippen LogP contribution in [0.1, 0.15) is 58.8 Å². The molecule has 2 aliphatic rings. The van der Waals surface area contributed by atoms with Crippen molar-refractivity contribution in [1.29, 1.82) is 0 Å². The number of hydrogen-bond donors (Lipinski definition) is 4. The third-order valence-corrected chi connectivity index (χ3v) is 8.31. The van der Waals surface area contributed by atoms with Crippen molar-refractivity contribution in [3.8, 4) is 5.75 Å². The summed E-state index contributed by atoms with van der Waals surface area (Å²) in [6, 6.07) is 5.07. The van der Waals surface area contributed by atoms with Crippen molar-refractivity contribution in [3.63, 3.8) is 0 Å². The van der Waals surface area contributed by atoms with Crippen molar-refractivity contribution in [3.05, 3.63) is 41.3 Å². The second-order valence-electron chi connectivity index (χ2n) is 10.7. The lowest BCUT2D eigenvalue weighted by Gasteiger charge is -2.37. The van der Waals surface area contributed by atoms with E-state index in [2.05, 4.69) is 39.7 Å². The summed E-state index contributed by atoms with van der Waals surface area (Å²) in [7, 11) is 0. The maximum Gasteiger partial charge on any atom is 0.323 e. The Morgan fingerprint density at radius 3 is 2.52 bits per heavy atom. The Morgan fingerprint density at radius 2 is 1.90 bits per heavy atom. The molecule has 3 amide bonds. The summed E-state index contributed by atoms with van der Waals surface area (Å²) >= 11 is 3.65. The van der Waals surface area contributed by atoms with Gasteiger partial charge in [0, 0.05) is 23.7 Å². The van der Waals surface area contributed by atoms with Gasteiger partial charge in [0.25, 0.3) is 5.91 Å². The second-order valence-corrected chi connectivity index (χ2v) is 12.4. The lowest BCUT2D eigenvalue weighted by Crippen LogP contribution is -2.42. The molecule has 0 bridgehead atoms. The van der Waals surface area contributed by atoms with Gasteiger partial charge in [0.1, 0.15) is 16.4 Å². The maximum absolute atomic E-state index is 14.3. The first kappa shape index (κ1) is 30.0. The fourth-order valence-corrected chi connectivity index (χ4v) is 5.61. The second kappa shape index (κ2) is 13.1. The summed E-state index contributed by atoms with van der Waals surface area (Å²) in [6.45, 7) is 4.53. The van der Waals surface area contributed by atoms with Crippen LogP contribution in [0, 0.1) is 11.7 Å². The van der Waals surface area contributed by atoms with Gasteiger partial charge in [-0.2, -0.15) is 0 Å². The summed E-state index contributed by atoms with van der Waals surface area (Å²) < 4.78 is 40.8. The van der Waals surface area contributed by atoms with Crippen molar-refractivity contribution in [2.45, 2.75) is 69.7 Å². The van der Waals surface area contributed by atoms with E-state index >= 15 is 0 Å². The van der Waals surface area contributed by atoms with Crippen LogP contribution in [0.3, 0.4) is 0 Å². The number of amides is 3. The van der Waals surface area contributed by atoms with Crippen LogP contribution < -0.4 is 25.6 Å². The normalized spacial score (nSPS) is 17.1. The third kappa shape index (κ3) is 7.82. The number of carbonyl (C=O) groups is 2. The highest BCUT2D eigenvalue weighted by molar-refractivity contribution is 7.81. The van der Waals surface area contributed by atoms with Crippen molar-refractivity contribution in [2.24, 2.45) is 5.92 Å². The number of aromatic nitrogens is 1. The minimum Gasteiger partial charge on any atom is -0.482 e. The Kier molecular flexibility index (Phi) is 9.85. The number of pyridine rings is 1. The molecule has 0 saturated heterocycles. The van der Waals surface area contributed by atoms with E-state index in [0.29, 0.717) is 36.8 Å². The monoisotopic (exact) mass is 595 g/mol. The zero-order chi connectivity index (χ0) is 28.9. The van der Waals surface area contributed by atoms with E-state index < -0.39 is 40.3 Å². The number of benzene rings is 1. The van der Waals surface area contributed by atoms with Crippen LogP contribution in [0.25, 0.3) is 0 Å². The van der Waals surface area contributed by atoms with Crippen LogP contribution in [0.4, 0.5) is 26.4 Å². The van der Waals surface area contributed by atoms with Gasteiger partial charge in [-0.25, -0.2) is 18.4 Å². The van der Waals surface area contributed by atoms with Gasteiger partial charge in [0.05, 0.1) is 17.6 Å². The zero-order valence-electron chi connectivity index (χ0n) is 22.5. The highest BCUT2D eigenvalue weighted by atomic mass is 35.5. The van der Waals surface area contributed by atoms with Gasteiger partial charge in [-0.15, -0.1) is 0 Å². The lowest BCUT2D eigenvalue weighted by molar-refractivity contribution is -0.123. The van der Waals surface area contributed by atoms with Crippen molar-refractivity contribution in [2.75, 3.05) is 28.7 Å². The molecule has 2 saturated carbocycles. The topological polar surface area (TPSA) is 133 Å². The van der Waals surface area contributed by atoms with Gasteiger partial charge in [-0.1, -0.05) is 44.7 Å². The van der Waals surface area contributed by atoms with Gasteiger partial charge < -0.3 is 30.1 Å². The van der Waals surface area contributed by atoms with Gasteiger partial charge in [-0.3, -0.25) is 4.79 Å². The van der Waals surface area contributed by atoms with Gasteiger partial charge in [0.15, 0.2) is 23.5 Å². The minimum atomic E-state index is -2.17. The maximum atomic E-state index is 14.3. The molecule has 13 heteroatoms. The molecule has 2 fully saturated rings. The Bertz CT molecular complexity index is 1260. The standard InChI is InChI=1S/C27H35ClFN5O5S/c1-17(2)15-34(19-6-4-3-5-7-19)25-23(32-26(36)31-22-9-8-18(28)12-21(22)29)13-20(14-30-25)39-16-24(35)33-27(10-11-27)40(37)38/h8-9,12-14,17,19H,3-7,10-11,15-16H2,1-2H3,(H,33,35)(H,37,38)(H2,31,32,36). The van der Waals surface area contributed by atoms with Gasteiger partial charge in [0.2, 0.25) is 0 Å². The lowest BCUT2D eigenvalue weighted by atomic mass is 9.93. The van der Waals surface area contributed by atoms with Gasteiger partial charge in [-0.05, 0) is 49.8 Å². The number of carbonyl (C=O) groups excluding carboxylic acids is 2. The predicted molar refractivity (Wildman–Crippen MR) is 154 cm³/mol. The Hall–Kier alpha value is -2.96. The molecule has 218 valence electrons. The third-order valence-electron chi connectivity index (χ3n) is 6.89. The molecule has 4 N–H and O–H groups in total. The summed E-state index contributed by atoms with van der Waals surface area (Å²) in [5, 5.41) is 8.03. The van der Waals surface area contributed by atoms with Crippen LogP contribution >= 0.6 is 11.6 Å². The number of nitrogens with zero attached hydrogens (tertiary/aromatic N) is 2. The molecule has 2 aromatic rings. The van der Waals surface area contributed by atoms with Crippen LogP contribution in [0.5, 0.6) is 5.75 Å². The van der Waals surface area contributed by atoms with Gasteiger partial charge >= 0.3 is 6.03 Å². The first-order valence-corrected chi connectivity index (χ1v) is 14.9. The number of rotatable bonds is 11. The number of urea groups is 1. The van der Waals surface area contributed by atoms with Crippen molar-refractivity contribution < 1.29 is 27.5 Å². The summed E-state index contributed by atoms with van der Waals surface area (Å²) in [6.07, 6.45) is 7.72. The van der Waals surface area contributed by atoms with Crippen molar-refractivity contribution >= 4 is 51.8 Å². The molecular formula is C27H35ClFN5O5S. The minimum absolute atomic E-state index is 0.0397. The zero-order valence-corrected chi connectivity index (χ0v) is 24.1.